The fourth-order valence-corrected chi connectivity index (χ4v) is 2.86. The normalized spacial score (nSPS) is 20.0. The number of aliphatic carboxylic acids is 1. The summed E-state index contributed by atoms with van der Waals surface area (Å²) in [6.07, 6.45) is 3.45. The van der Waals surface area contributed by atoms with Gasteiger partial charge in [0.05, 0.1) is 0 Å². The third kappa shape index (κ3) is 4.04. The summed E-state index contributed by atoms with van der Waals surface area (Å²) in [4.78, 5) is 25.1. The summed E-state index contributed by atoms with van der Waals surface area (Å²) < 4.78 is 0. The summed E-state index contributed by atoms with van der Waals surface area (Å²) in [5, 5.41) is 8.83. The van der Waals surface area contributed by atoms with Gasteiger partial charge < -0.3 is 15.7 Å². The summed E-state index contributed by atoms with van der Waals surface area (Å²) in [6, 6.07) is 8.63. The minimum atomic E-state index is -0.819. The van der Waals surface area contributed by atoms with Crippen molar-refractivity contribution in [2.75, 3.05) is 6.54 Å². The van der Waals surface area contributed by atoms with Gasteiger partial charge in [-0.3, -0.25) is 9.59 Å². The van der Waals surface area contributed by atoms with E-state index in [-0.39, 0.29) is 18.4 Å². The van der Waals surface area contributed by atoms with Crippen molar-refractivity contribution in [3.63, 3.8) is 0 Å². The van der Waals surface area contributed by atoms with E-state index >= 15 is 0 Å². The van der Waals surface area contributed by atoms with Gasteiger partial charge in [-0.1, -0.05) is 30.3 Å². The summed E-state index contributed by atoms with van der Waals surface area (Å²) in [7, 11) is 0. The summed E-state index contributed by atoms with van der Waals surface area (Å²) >= 11 is 0. The lowest BCUT2D eigenvalue weighted by Gasteiger charge is -2.37. The van der Waals surface area contributed by atoms with Crippen molar-refractivity contribution in [3.05, 3.63) is 35.9 Å². The Hall–Kier alpha value is -1.88. The van der Waals surface area contributed by atoms with Crippen LogP contribution in [0.5, 0.6) is 0 Å². The Morgan fingerprint density at radius 1 is 1.29 bits per heavy atom. The van der Waals surface area contributed by atoms with Crippen molar-refractivity contribution in [1.82, 2.24) is 4.90 Å². The van der Waals surface area contributed by atoms with E-state index in [1.807, 2.05) is 30.3 Å². The van der Waals surface area contributed by atoms with Gasteiger partial charge in [-0.25, -0.2) is 0 Å². The molecule has 0 aromatic heterocycles. The Morgan fingerprint density at radius 2 is 2.00 bits per heavy atom. The quantitative estimate of drug-likeness (QED) is 0.868. The maximum absolute atomic E-state index is 12.6. The monoisotopic (exact) mass is 290 g/mol. The molecule has 1 fully saturated rings. The van der Waals surface area contributed by atoms with Crippen LogP contribution in [0.2, 0.25) is 0 Å². The number of nitrogens with two attached hydrogens (primary N) is 1. The molecule has 5 nitrogen and oxygen atoms in total. The highest BCUT2D eigenvalue weighted by Crippen LogP contribution is 2.24. The lowest BCUT2D eigenvalue weighted by atomic mass is 9.96. The maximum Gasteiger partial charge on any atom is 0.303 e. The van der Waals surface area contributed by atoms with E-state index in [2.05, 4.69) is 0 Å². The molecule has 1 aromatic rings. The van der Waals surface area contributed by atoms with Crippen molar-refractivity contribution in [2.24, 2.45) is 5.73 Å². The standard InChI is InChI=1S/C16H22N2O3/c17-15(12-6-2-1-3-7-12)16(21)18-11-5-4-8-13(18)9-10-14(19)20/h1-3,6-7,13,15H,4-5,8-11,17H2,(H,19,20). The van der Waals surface area contributed by atoms with Crippen LogP contribution in [0.4, 0.5) is 0 Å². The second kappa shape index (κ2) is 7.22. The van der Waals surface area contributed by atoms with Crippen molar-refractivity contribution >= 4 is 11.9 Å². The van der Waals surface area contributed by atoms with Crippen molar-refractivity contribution < 1.29 is 14.7 Å². The fourth-order valence-electron chi connectivity index (χ4n) is 2.86. The number of carbonyl (C=O) groups excluding carboxylic acids is 1. The van der Waals surface area contributed by atoms with Gasteiger partial charge in [0.2, 0.25) is 5.91 Å². The number of nitrogens with zero attached hydrogens (tertiary/aromatic N) is 1. The van der Waals surface area contributed by atoms with E-state index < -0.39 is 12.0 Å². The van der Waals surface area contributed by atoms with Crippen LogP contribution < -0.4 is 5.73 Å². The number of hydrogen-bond acceptors (Lipinski definition) is 3. The molecule has 0 bridgehead atoms. The van der Waals surface area contributed by atoms with Gasteiger partial charge in [-0.2, -0.15) is 0 Å². The highest BCUT2D eigenvalue weighted by atomic mass is 16.4. The first-order valence-corrected chi connectivity index (χ1v) is 7.42. The summed E-state index contributed by atoms with van der Waals surface area (Å²) in [5.41, 5.74) is 6.88. The molecule has 0 saturated carbocycles. The van der Waals surface area contributed by atoms with Crippen LogP contribution in [0.3, 0.4) is 0 Å². The molecule has 5 heteroatoms. The summed E-state index contributed by atoms with van der Waals surface area (Å²) in [5.74, 6) is -0.920. The molecule has 1 amide bonds. The molecule has 2 unspecified atom stereocenters. The van der Waals surface area contributed by atoms with Crippen LogP contribution in [-0.4, -0.2) is 34.5 Å². The van der Waals surface area contributed by atoms with Gasteiger partial charge in [0.1, 0.15) is 6.04 Å². The SMILES string of the molecule is NC(C(=O)N1CCCCC1CCC(=O)O)c1ccccc1. The van der Waals surface area contributed by atoms with Crippen molar-refractivity contribution in [1.29, 1.82) is 0 Å². The Bertz CT molecular complexity index is 490. The molecular weight excluding hydrogens is 268 g/mol. The first-order chi connectivity index (χ1) is 10.1. The lowest BCUT2D eigenvalue weighted by molar-refractivity contribution is -0.140. The van der Waals surface area contributed by atoms with Crippen LogP contribution >= 0.6 is 0 Å². The Labute approximate surface area is 124 Å². The molecule has 2 atom stereocenters. The first kappa shape index (κ1) is 15.5. The first-order valence-electron chi connectivity index (χ1n) is 7.42. The molecule has 21 heavy (non-hydrogen) atoms. The third-order valence-corrected chi connectivity index (χ3v) is 4.03. The van der Waals surface area contributed by atoms with E-state index in [0.29, 0.717) is 13.0 Å². The fraction of sp³-hybridized carbons (Fsp3) is 0.500. The van der Waals surface area contributed by atoms with Gasteiger partial charge in [-0.05, 0) is 31.2 Å². The second-order valence-corrected chi connectivity index (χ2v) is 5.50. The number of amides is 1. The number of hydrogen-bond donors (Lipinski definition) is 2. The average Bonchev–Trinajstić information content (AvgIpc) is 2.52. The zero-order valence-electron chi connectivity index (χ0n) is 12.1. The highest BCUT2D eigenvalue weighted by molar-refractivity contribution is 5.83. The molecule has 3 N–H and O–H groups in total. The smallest absolute Gasteiger partial charge is 0.303 e. The minimum absolute atomic E-state index is 0.00267. The van der Waals surface area contributed by atoms with Crippen molar-refractivity contribution in [2.45, 2.75) is 44.2 Å². The molecule has 1 aliphatic rings. The molecule has 1 saturated heterocycles. The zero-order chi connectivity index (χ0) is 15.2. The largest absolute Gasteiger partial charge is 0.481 e. The van der Waals surface area contributed by atoms with Gasteiger partial charge in [0.15, 0.2) is 0 Å². The molecule has 1 aromatic carbocycles. The molecule has 1 aliphatic heterocycles. The molecular formula is C16H22N2O3. The molecule has 2 rings (SSSR count). The average molecular weight is 290 g/mol. The minimum Gasteiger partial charge on any atom is -0.481 e. The topological polar surface area (TPSA) is 83.6 Å². The number of carboxylic acid groups (broad SMARTS) is 1. The number of carbonyl (C=O) groups is 2. The van der Waals surface area contributed by atoms with Crippen LogP contribution in [0.1, 0.15) is 43.7 Å². The van der Waals surface area contributed by atoms with Gasteiger partial charge in [0, 0.05) is 19.0 Å². The molecule has 0 spiro atoms. The van der Waals surface area contributed by atoms with Crippen molar-refractivity contribution in [3.8, 4) is 0 Å². The lowest BCUT2D eigenvalue weighted by Crippen LogP contribution is -2.47. The van der Waals surface area contributed by atoms with Crippen LogP contribution in [0.25, 0.3) is 0 Å². The van der Waals surface area contributed by atoms with Gasteiger partial charge in [0.25, 0.3) is 0 Å². The van der Waals surface area contributed by atoms with Gasteiger partial charge in [-0.15, -0.1) is 0 Å². The zero-order valence-corrected chi connectivity index (χ0v) is 12.1. The third-order valence-electron chi connectivity index (χ3n) is 4.03. The molecule has 1 heterocycles. The molecule has 0 aliphatic carbocycles. The van der Waals surface area contributed by atoms with Crippen LogP contribution in [-0.2, 0) is 9.59 Å². The van der Waals surface area contributed by atoms with E-state index in [0.717, 1.165) is 24.8 Å². The predicted molar refractivity (Wildman–Crippen MR) is 79.6 cm³/mol. The Balaban J connectivity index is 2.05. The van der Waals surface area contributed by atoms with Gasteiger partial charge >= 0.3 is 5.97 Å². The van der Waals surface area contributed by atoms with E-state index in [4.69, 9.17) is 10.8 Å². The Kier molecular flexibility index (Phi) is 5.33. The summed E-state index contributed by atoms with van der Waals surface area (Å²) in [6.45, 7) is 0.670. The van der Waals surface area contributed by atoms with E-state index in [9.17, 15) is 9.59 Å². The number of benzene rings is 1. The van der Waals surface area contributed by atoms with E-state index in [1.165, 1.54) is 0 Å². The molecule has 0 radical (unpaired) electrons. The van der Waals surface area contributed by atoms with Crippen LogP contribution in [0.15, 0.2) is 30.3 Å². The number of piperidine rings is 1. The highest BCUT2D eigenvalue weighted by Gasteiger charge is 2.30. The maximum atomic E-state index is 12.6. The molecule has 114 valence electrons. The van der Waals surface area contributed by atoms with E-state index in [1.54, 1.807) is 4.90 Å². The number of likely N-dealkylation sites (tertiary alicyclic amines) is 1. The van der Waals surface area contributed by atoms with Crippen LogP contribution in [0, 0.1) is 0 Å². The second-order valence-electron chi connectivity index (χ2n) is 5.50. The Morgan fingerprint density at radius 3 is 2.67 bits per heavy atom. The number of rotatable bonds is 5. The number of carboxylic acids is 1. The predicted octanol–water partition coefficient (Wildman–Crippen LogP) is 1.93.